The Morgan fingerprint density at radius 2 is 1.90 bits per heavy atom. The lowest BCUT2D eigenvalue weighted by Crippen LogP contribution is -2.37. The van der Waals surface area contributed by atoms with Crippen molar-refractivity contribution < 1.29 is 4.79 Å². The third-order valence-electron chi connectivity index (χ3n) is 6.06. The van der Waals surface area contributed by atoms with Gasteiger partial charge in [-0.1, -0.05) is 11.8 Å². The molecule has 2 aliphatic rings. The van der Waals surface area contributed by atoms with Gasteiger partial charge in [0.25, 0.3) is 5.56 Å². The van der Waals surface area contributed by atoms with Gasteiger partial charge in [-0.05, 0) is 77.6 Å². The molecule has 1 saturated heterocycles. The zero-order valence-corrected chi connectivity index (χ0v) is 19.7. The number of fused-ring (bicyclic) bond motifs is 3. The van der Waals surface area contributed by atoms with Crippen molar-refractivity contribution in [1.82, 2.24) is 19.4 Å². The summed E-state index contributed by atoms with van der Waals surface area (Å²) in [5, 5.41) is 1.54. The number of hydrogen-bond acceptors (Lipinski definition) is 6. The average Bonchev–Trinajstić information content (AvgIpc) is 3.12. The minimum absolute atomic E-state index is 0.0890. The molecule has 0 aromatic carbocycles. The standard InChI is InChI=1S/C22H32N4O2S2/c1-24(2)11-8-14-26-21(28)19-16-9-4-5-10-17(16)30-20(19)23-22(26)29-15-18(27)25-12-6-3-7-13-25/h3-15H2,1-2H3. The number of hydrogen-bond donors (Lipinski definition) is 0. The largest absolute Gasteiger partial charge is 0.342 e. The number of aromatic nitrogens is 2. The van der Waals surface area contributed by atoms with Crippen molar-refractivity contribution in [2.24, 2.45) is 0 Å². The van der Waals surface area contributed by atoms with Crippen molar-refractivity contribution in [3.63, 3.8) is 0 Å². The van der Waals surface area contributed by atoms with Gasteiger partial charge in [0, 0.05) is 24.5 Å². The van der Waals surface area contributed by atoms with Crippen molar-refractivity contribution in [2.75, 3.05) is 39.5 Å². The number of piperidine rings is 1. The molecule has 1 aliphatic carbocycles. The fraction of sp³-hybridized carbons (Fsp3) is 0.682. The SMILES string of the molecule is CN(C)CCCn1c(SCC(=O)N2CCCCC2)nc2sc3c(c2c1=O)CCCC3. The Bertz CT molecular complexity index is 960. The Kier molecular flexibility index (Phi) is 7.16. The Morgan fingerprint density at radius 3 is 2.67 bits per heavy atom. The van der Waals surface area contributed by atoms with Crippen LogP contribution >= 0.6 is 23.1 Å². The summed E-state index contributed by atoms with van der Waals surface area (Å²) < 4.78 is 1.83. The highest BCUT2D eigenvalue weighted by Crippen LogP contribution is 2.34. The summed E-state index contributed by atoms with van der Waals surface area (Å²) in [4.78, 5) is 37.4. The lowest BCUT2D eigenvalue weighted by atomic mass is 9.97. The minimum Gasteiger partial charge on any atom is -0.342 e. The van der Waals surface area contributed by atoms with E-state index in [1.54, 1.807) is 11.3 Å². The summed E-state index contributed by atoms with van der Waals surface area (Å²) in [5.74, 6) is 0.524. The Morgan fingerprint density at radius 1 is 1.13 bits per heavy atom. The maximum absolute atomic E-state index is 13.5. The number of nitrogens with zero attached hydrogens (tertiary/aromatic N) is 4. The molecule has 0 bridgehead atoms. The highest BCUT2D eigenvalue weighted by molar-refractivity contribution is 7.99. The molecule has 3 heterocycles. The van der Waals surface area contributed by atoms with Crippen LogP contribution < -0.4 is 5.56 Å². The molecule has 1 amide bonds. The number of amides is 1. The van der Waals surface area contributed by atoms with E-state index >= 15 is 0 Å². The monoisotopic (exact) mass is 448 g/mol. The van der Waals surface area contributed by atoms with Gasteiger partial charge in [-0.25, -0.2) is 4.98 Å². The van der Waals surface area contributed by atoms with Crippen molar-refractivity contribution in [1.29, 1.82) is 0 Å². The van der Waals surface area contributed by atoms with Crippen LogP contribution in [0.25, 0.3) is 10.2 Å². The first-order valence-electron chi connectivity index (χ1n) is 11.1. The van der Waals surface area contributed by atoms with Gasteiger partial charge in [0.15, 0.2) is 5.16 Å². The summed E-state index contributed by atoms with van der Waals surface area (Å²) in [5.41, 5.74) is 1.33. The van der Waals surface area contributed by atoms with Crippen molar-refractivity contribution in [3.05, 3.63) is 20.8 Å². The van der Waals surface area contributed by atoms with Crippen LogP contribution in [0, 0.1) is 0 Å². The highest BCUT2D eigenvalue weighted by atomic mass is 32.2. The zero-order chi connectivity index (χ0) is 21.1. The molecular formula is C22H32N4O2S2. The first kappa shape index (κ1) is 21.8. The van der Waals surface area contributed by atoms with Crippen molar-refractivity contribution in [3.8, 4) is 0 Å². The van der Waals surface area contributed by atoms with Gasteiger partial charge < -0.3 is 9.80 Å². The van der Waals surface area contributed by atoms with E-state index in [-0.39, 0.29) is 11.5 Å². The molecule has 0 spiro atoms. The van der Waals surface area contributed by atoms with Crippen LogP contribution in [-0.2, 0) is 24.2 Å². The van der Waals surface area contributed by atoms with Crippen LogP contribution in [-0.4, -0.2) is 64.7 Å². The van der Waals surface area contributed by atoms with Gasteiger partial charge >= 0.3 is 0 Å². The highest BCUT2D eigenvalue weighted by Gasteiger charge is 2.23. The van der Waals surface area contributed by atoms with Crippen LogP contribution in [0.2, 0.25) is 0 Å². The smallest absolute Gasteiger partial charge is 0.263 e. The third kappa shape index (κ3) is 4.75. The summed E-state index contributed by atoms with van der Waals surface area (Å²) in [6, 6.07) is 0. The van der Waals surface area contributed by atoms with E-state index in [1.165, 1.54) is 35.0 Å². The maximum atomic E-state index is 13.5. The second-order valence-corrected chi connectivity index (χ2v) is 10.7. The normalized spacial score (nSPS) is 17.0. The lowest BCUT2D eigenvalue weighted by Gasteiger charge is -2.26. The molecular weight excluding hydrogens is 416 g/mol. The average molecular weight is 449 g/mol. The predicted molar refractivity (Wildman–Crippen MR) is 125 cm³/mol. The van der Waals surface area contributed by atoms with Crippen LogP contribution in [0.5, 0.6) is 0 Å². The zero-order valence-electron chi connectivity index (χ0n) is 18.1. The van der Waals surface area contributed by atoms with E-state index in [0.29, 0.717) is 17.5 Å². The Hall–Kier alpha value is -1.38. The van der Waals surface area contributed by atoms with Gasteiger partial charge in [0.05, 0.1) is 11.1 Å². The summed E-state index contributed by atoms with van der Waals surface area (Å²) in [6.45, 7) is 3.28. The van der Waals surface area contributed by atoms with E-state index in [0.717, 1.165) is 68.4 Å². The van der Waals surface area contributed by atoms with E-state index in [1.807, 2.05) is 23.6 Å². The van der Waals surface area contributed by atoms with E-state index < -0.39 is 0 Å². The van der Waals surface area contributed by atoms with Crippen LogP contribution in [0.4, 0.5) is 0 Å². The molecule has 6 nitrogen and oxygen atoms in total. The second-order valence-electron chi connectivity index (χ2n) is 8.63. The lowest BCUT2D eigenvalue weighted by molar-refractivity contribution is -0.129. The van der Waals surface area contributed by atoms with Crippen LogP contribution in [0.3, 0.4) is 0 Å². The molecule has 0 radical (unpaired) electrons. The molecule has 1 aliphatic heterocycles. The molecule has 1 fully saturated rings. The molecule has 2 aromatic heterocycles. The van der Waals surface area contributed by atoms with Gasteiger partial charge in [-0.15, -0.1) is 11.3 Å². The van der Waals surface area contributed by atoms with Crippen molar-refractivity contribution in [2.45, 2.75) is 63.1 Å². The summed E-state index contributed by atoms with van der Waals surface area (Å²) in [6.07, 6.45) is 8.69. The number of carbonyl (C=O) groups is 1. The molecule has 0 unspecified atom stereocenters. The molecule has 0 saturated carbocycles. The molecule has 164 valence electrons. The van der Waals surface area contributed by atoms with Gasteiger partial charge in [-0.2, -0.15) is 0 Å². The molecule has 2 aromatic rings. The fourth-order valence-electron chi connectivity index (χ4n) is 4.43. The number of thioether (sulfide) groups is 1. The van der Waals surface area contributed by atoms with Gasteiger partial charge in [0.2, 0.25) is 5.91 Å². The third-order valence-corrected chi connectivity index (χ3v) is 8.21. The van der Waals surface area contributed by atoms with E-state index in [2.05, 4.69) is 4.90 Å². The summed E-state index contributed by atoms with van der Waals surface area (Å²) in [7, 11) is 4.10. The fourth-order valence-corrected chi connectivity index (χ4v) is 6.66. The molecule has 8 heteroatoms. The first-order chi connectivity index (χ1) is 14.5. The van der Waals surface area contributed by atoms with Gasteiger partial charge in [0.1, 0.15) is 4.83 Å². The predicted octanol–water partition coefficient (Wildman–Crippen LogP) is 3.39. The molecule has 0 N–H and O–H groups in total. The minimum atomic E-state index is 0.0890. The molecule has 0 atom stereocenters. The maximum Gasteiger partial charge on any atom is 0.263 e. The number of thiophene rings is 1. The second kappa shape index (κ2) is 9.83. The quantitative estimate of drug-likeness (QED) is 0.480. The number of likely N-dealkylation sites (tertiary alicyclic amines) is 1. The topological polar surface area (TPSA) is 58.4 Å². The van der Waals surface area contributed by atoms with E-state index in [9.17, 15) is 9.59 Å². The Labute approximate surface area is 186 Å². The summed E-state index contributed by atoms with van der Waals surface area (Å²) >= 11 is 3.12. The molecule has 4 rings (SSSR count). The van der Waals surface area contributed by atoms with Crippen LogP contribution in [0.15, 0.2) is 9.95 Å². The van der Waals surface area contributed by atoms with E-state index in [4.69, 9.17) is 4.98 Å². The number of rotatable bonds is 7. The first-order valence-corrected chi connectivity index (χ1v) is 12.9. The number of aryl methyl sites for hydroxylation is 2. The number of carbonyl (C=O) groups excluding carboxylic acids is 1. The van der Waals surface area contributed by atoms with Crippen molar-refractivity contribution >= 4 is 39.2 Å². The van der Waals surface area contributed by atoms with Crippen LogP contribution in [0.1, 0.15) is 49.0 Å². The van der Waals surface area contributed by atoms with Gasteiger partial charge in [-0.3, -0.25) is 14.2 Å². The molecule has 30 heavy (non-hydrogen) atoms. The Balaban J connectivity index is 1.62.